The Balaban J connectivity index is 2.22. The van der Waals surface area contributed by atoms with Gasteiger partial charge >= 0.3 is 0 Å². The molecule has 0 aliphatic carbocycles. The molecule has 0 aliphatic heterocycles. The van der Waals surface area contributed by atoms with Crippen LogP contribution in [-0.4, -0.2) is 27.0 Å². The molecule has 0 saturated carbocycles. The number of carbonyl (C=O) groups excluding carboxylic acids is 1. The van der Waals surface area contributed by atoms with E-state index in [0.717, 1.165) is 12.8 Å². The number of rotatable bonds is 9. The van der Waals surface area contributed by atoms with Crippen LogP contribution in [0.15, 0.2) is 47.4 Å². The van der Waals surface area contributed by atoms with E-state index in [9.17, 15) is 13.2 Å². The number of hydrogen-bond donors (Lipinski definition) is 2. The van der Waals surface area contributed by atoms with Crippen molar-refractivity contribution < 1.29 is 17.9 Å². The highest BCUT2D eigenvalue weighted by Crippen LogP contribution is 2.24. The van der Waals surface area contributed by atoms with Crippen molar-refractivity contribution in [3.05, 3.63) is 53.1 Å². The fourth-order valence-corrected chi connectivity index (χ4v) is 3.94. The second-order valence-corrected chi connectivity index (χ2v) is 8.46. The van der Waals surface area contributed by atoms with Crippen molar-refractivity contribution in [3.63, 3.8) is 0 Å². The van der Waals surface area contributed by atoms with E-state index in [0.29, 0.717) is 18.0 Å². The number of benzene rings is 2. The molecule has 1 unspecified atom stereocenters. The Labute approximate surface area is 171 Å². The molecule has 6 nitrogen and oxygen atoms in total. The van der Waals surface area contributed by atoms with Crippen LogP contribution in [0.4, 0.5) is 5.69 Å². The lowest BCUT2D eigenvalue weighted by atomic mass is 10.1. The van der Waals surface area contributed by atoms with E-state index in [1.165, 1.54) is 18.2 Å². The third-order valence-corrected chi connectivity index (χ3v) is 5.72. The number of anilines is 1. The summed E-state index contributed by atoms with van der Waals surface area (Å²) in [6.07, 6.45) is 1.75. The Hall–Kier alpha value is -2.25. The lowest BCUT2D eigenvalue weighted by Gasteiger charge is -2.15. The van der Waals surface area contributed by atoms with Crippen molar-refractivity contribution in [1.82, 2.24) is 5.32 Å². The van der Waals surface area contributed by atoms with Crippen LogP contribution in [0.1, 0.15) is 44.0 Å². The van der Waals surface area contributed by atoms with Gasteiger partial charge in [-0.25, -0.2) is 8.42 Å². The van der Waals surface area contributed by atoms with E-state index in [-0.39, 0.29) is 21.5 Å². The Bertz CT molecular complexity index is 914. The number of amides is 1. The molecule has 2 aromatic rings. The SMILES string of the molecule is CCCC(C)NC(=O)c1cc(S(=O)(=O)Nc2ccc(OCC)cc2)ccc1Cl. The van der Waals surface area contributed by atoms with Crippen molar-refractivity contribution >= 4 is 33.2 Å². The minimum absolute atomic E-state index is 0.0317. The van der Waals surface area contributed by atoms with Crippen LogP contribution in [0.2, 0.25) is 5.02 Å². The maximum absolute atomic E-state index is 12.7. The second-order valence-electron chi connectivity index (χ2n) is 6.37. The summed E-state index contributed by atoms with van der Waals surface area (Å²) in [5.74, 6) is 0.251. The summed E-state index contributed by atoms with van der Waals surface area (Å²) in [6.45, 7) is 6.31. The number of sulfonamides is 1. The van der Waals surface area contributed by atoms with Crippen LogP contribution < -0.4 is 14.8 Å². The van der Waals surface area contributed by atoms with Crippen molar-refractivity contribution in [2.45, 2.75) is 44.6 Å². The van der Waals surface area contributed by atoms with Crippen molar-refractivity contribution in [2.24, 2.45) is 0 Å². The van der Waals surface area contributed by atoms with Gasteiger partial charge in [0.05, 0.1) is 22.1 Å². The quantitative estimate of drug-likeness (QED) is 0.622. The number of hydrogen-bond acceptors (Lipinski definition) is 4. The van der Waals surface area contributed by atoms with Crippen LogP contribution in [0.3, 0.4) is 0 Å². The molecular formula is C20H25ClN2O4S. The van der Waals surface area contributed by atoms with Gasteiger partial charge in [-0.05, 0) is 62.7 Å². The van der Waals surface area contributed by atoms with Gasteiger partial charge in [-0.3, -0.25) is 9.52 Å². The zero-order chi connectivity index (χ0) is 20.7. The summed E-state index contributed by atoms with van der Waals surface area (Å²) < 4.78 is 33.2. The largest absolute Gasteiger partial charge is 0.494 e. The maximum Gasteiger partial charge on any atom is 0.261 e. The zero-order valence-electron chi connectivity index (χ0n) is 16.2. The fraction of sp³-hybridized carbons (Fsp3) is 0.350. The molecule has 0 saturated heterocycles. The highest BCUT2D eigenvalue weighted by atomic mass is 35.5. The number of ether oxygens (including phenoxy) is 1. The monoisotopic (exact) mass is 424 g/mol. The molecule has 1 amide bonds. The van der Waals surface area contributed by atoms with E-state index in [2.05, 4.69) is 10.0 Å². The molecule has 2 N–H and O–H groups in total. The molecule has 0 bridgehead atoms. The predicted molar refractivity (Wildman–Crippen MR) is 112 cm³/mol. The molecule has 0 fully saturated rings. The van der Waals surface area contributed by atoms with Crippen LogP contribution in [-0.2, 0) is 10.0 Å². The lowest BCUT2D eigenvalue weighted by molar-refractivity contribution is 0.0938. The smallest absolute Gasteiger partial charge is 0.261 e. The summed E-state index contributed by atoms with van der Waals surface area (Å²) in [4.78, 5) is 12.4. The van der Waals surface area contributed by atoms with Crippen LogP contribution in [0.25, 0.3) is 0 Å². The van der Waals surface area contributed by atoms with Crippen molar-refractivity contribution in [1.29, 1.82) is 0 Å². The second kappa shape index (κ2) is 9.80. The van der Waals surface area contributed by atoms with Gasteiger partial charge in [0, 0.05) is 11.7 Å². The van der Waals surface area contributed by atoms with Gasteiger partial charge in [-0.15, -0.1) is 0 Å². The first-order valence-electron chi connectivity index (χ1n) is 9.13. The van der Waals surface area contributed by atoms with Crippen molar-refractivity contribution in [3.8, 4) is 5.75 Å². The van der Waals surface area contributed by atoms with Gasteiger partial charge in [0.25, 0.3) is 15.9 Å². The molecule has 2 rings (SSSR count). The topological polar surface area (TPSA) is 84.5 Å². The molecule has 0 spiro atoms. The molecule has 2 aromatic carbocycles. The standard InChI is InChI=1S/C20H25ClN2O4S/c1-4-6-14(3)22-20(24)18-13-17(11-12-19(18)21)28(25,26)23-15-7-9-16(10-8-15)27-5-2/h7-14,23H,4-6H2,1-3H3,(H,22,24). The molecule has 0 heterocycles. The van der Waals surface area contributed by atoms with Crippen LogP contribution >= 0.6 is 11.6 Å². The number of halogens is 1. The summed E-state index contributed by atoms with van der Waals surface area (Å²) in [5, 5.41) is 3.03. The molecule has 8 heteroatoms. The van der Waals surface area contributed by atoms with Gasteiger partial charge < -0.3 is 10.1 Å². The fourth-order valence-electron chi connectivity index (χ4n) is 2.65. The predicted octanol–water partition coefficient (Wildman–Crippen LogP) is 4.46. The van der Waals surface area contributed by atoms with E-state index in [4.69, 9.17) is 16.3 Å². The minimum atomic E-state index is -3.88. The highest BCUT2D eigenvalue weighted by molar-refractivity contribution is 7.92. The minimum Gasteiger partial charge on any atom is -0.494 e. The van der Waals surface area contributed by atoms with Gasteiger partial charge in [0.15, 0.2) is 0 Å². The van der Waals surface area contributed by atoms with E-state index in [1.807, 2.05) is 20.8 Å². The molecule has 28 heavy (non-hydrogen) atoms. The average molecular weight is 425 g/mol. The first-order valence-corrected chi connectivity index (χ1v) is 11.0. The first kappa shape index (κ1) is 22.0. The van der Waals surface area contributed by atoms with Crippen molar-refractivity contribution in [2.75, 3.05) is 11.3 Å². The van der Waals surface area contributed by atoms with Crippen LogP contribution in [0.5, 0.6) is 5.75 Å². The summed E-state index contributed by atoms with van der Waals surface area (Å²) in [6, 6.07) is 10.6. The van der Waals surface area contributed by atoms with Gasteiger partial charge in [0.1, 0.15) is 5.75 Å². The van der Waals surface area contributed by atoms with Gasteiger partial charge in [-0.2, -0.15) is 0 Å². The lowest BCUT2D eigenvalue weighted by Crippen LogP contribution is -2.32. The summed E-state index contributed by atoms with van der Waals surface area (Å²) >= 11 is 6.12. The average Bonchev–Trinajstić information content (AvgIpc) is 2.63. The zero-order valence-corrected chi connectivity index (χ0v) is 17.7. The molecule has 0 aliphatic rings. The van der Waals surface area contributed by atoms with Gasteiger partial charge in [-0.1, -0.05) is 24.9 Å². The Kier molecular flexibility index (Phi) is 7.71. The Morgan fingerprint density at radius 1 is 1.14 bits per heavy atom. The highest BCUT2D eigenvalue weighted by Gasteiger charge is 2.20. The summed E-state index contributed by atoms with van der Waals surface area (Å²) in [7, 11) is -3.88. The van der Waals surface area contributed by atoms with E-state index in [1.54, 1.807) is 24.3 Å². The van der Waals surface area contributed by atoms with E-state index < -0.39 is 15.9 Å². The first-order chi connectivity index (χ1) is 13.3. The Morgan fingerprint density at radius 3 is 2.43 bits per heavy atom. The van der Waals surface area contributed by atoms with E-state index >= 15 is 0 Å². The summed E-state index contributed by atoms with van der Waals surface area (Å²) in [5.41, 5.74) is 0.514. The molecule has 0 aromatic heterocycles. The maximum atomic E-state index is 12.7. The third kappa shape index (κ3) is 5.87. The van der Waals surface area contributed by atoms with Gasteiger partial charge in [0.2, 0.25) is 0 Å². The molecule has 0 radical (unpaired) electrons. The molecule has 1 atom stereocenters. The number of nitrogens with one attached hydrogen (secondary N) is 2. The number of carbonyl (C=O) groups is 1. The van der Waals surface area contributed by atoms with Crippen LogP contribution in [0, 0.1) is 0 Å². The Morgan fingerprint density at radius 2 is 1.82 bits per heavy atom. The molecular weight excluding hydrogens is 400 g/mol. The normalized spacial score (nSPS) is 12.3. The third-order valence-electron chi connectivity index (χ3n) is 4.01. The molecule has 152 valence electrons.